The zero-order valence-corrected chi connectivity index (χ0v) is 21.3. The van der Waals surface area contributed by atoms with E-state index in [1.54, 1.807) is 17.6 Å². The van der Waals surface area contributed by atoms with Gasteiger partial charge in [-0.2, -0.15) is 0 Å². The maximum atomic E-state index is 13.7. The van der Waals surface area contributed by atoms with Crippen LogP contribution in [0, 0.1) is 0 Å². The first-order chi connectivity index (χ1) is 18.4. The van der Waals surface area contributed by atoms with Gasteiger partial charge in [-0.15, -0.1) is 0 Å². The fraction of sp³-hybridized carbons (Fsp3) is 0.276. The summed E-state index contributed by atoms with van der Waals surface area (Å²) in [5, 5.41) is 12.8. The highest BCUT2D eigenvalue weighted by molar-refractivity contribution is 6.31. The monoisotopic (exact) mass is 530 g/mol. The second-order valence-electron chi connectivity index (χ2n) is 9.83. The third-order valence-electron chi connectivity index (χ3n) is 7.90. The minimum Gasteiger partial charge on any atom is -0.458 e. The summed E-state index contributed by atoms with van der Waals surface area (Å²) < 4.78 is 18.1. The van der Waals surface area contributed by atoms with E-state index in [0.29, 0.717) is 63.9 Å². The maximum Gasteiger partial charge on any atom is 0.343 e. The van der Waals surface area contributed by atoms with Crippen LogP contribution < -0.4 is 15.0 Å². The minimum atomic E-state index is -1.87. The first kappa shape index (κ1) is 23.3. The summed E-state index contributed by atoms with van der Waals surface area (Å²) in [5.41, 5.74) is 3.38. The molecule has 3 aliphatic heterocycles. The number of benzene rings is 2. The maximum absolute atomic E-state index is 13.7. The minimum absolute atomic E-state index is 0.0896. The number of halogens is 1. The van der Waals surface area contributed by atoms with Gasteiger partial charge >= 0.3 is 5.97 Å². The Morgan fingerprint density at radius 3 is 2.63 bits per heavy atom. The molecule has 2 aromatic carbocycles. The lowest BCUT2D eigenvalue weighted by Crippen LogP contribution is -2.44. The van der Waals surface area contributed by atoms with Gasteiger partial charge in [0, 0.05) is 27.6 Å². The standard InChI is InChI=1S/C29H23ClN2O6/c1-2-29(35)20-10-23-26-18(12-32(23)27(33)19(20)13-36-28(29)34)16(8-7-15-5-3-4-6-21(15)30)17-9-24-25(38-14-37-24)11-22(17)31-26/h3-6,9-11,35H,2,7-8,12-14H2,1H3/t29-/m0/s1. The molecule has 5 heterocycles. The molecule has 0 spiro atoms. The highest BCUT2D eigenvalue weighted by atomic mass is 35.5. The van der Waals surface area contributed by atoms with Crippen LogP contribution in [0.1, 0.15) is 41.2 Å². The van der Waals surface area contributed by atoms with Gasteiger partial charge in [-0.3, -0.25) is 4.79 Å². The number of cyclic esters (lactones) is 1. The lowest BCUT2D eigenvalue weighted by molar-refractivity contribution is -0.172. The van der Waals surface area contributed by atoms with Crippen molar-refractivity contribution in [3.63, 3.8) is 0 Å². The van der Waals surface area contributed by atoms with Crippen molar-refractivity contribution in [3.05, 3.63) is 85.7 Å². The summed E-state index contributed by atoms with van der Waals surface area (Å²) in [6.45, 7) is 2.00. The van der Waals surface area contributed by atoms with Crippen molar-refractivity contribution in [2.75, 3.05) is 6.79 Å². The summed E-state index contributed by atoms with van der Waals surface area (Å²) in [6, 6.07) is 13.3. The number of nitrogens with zero attached hydrogens (tertiary/aromatic N) is 2. The Kier molecular flexibility index (Phi) is 5.09. The number of aromatic nitrogens is 2. The summed E-state index contributed by atoms with van der Waals surface area (Å²) in [7, 11) is 0. The van der Waals surface area contributed by atoms with E-state index in [1.807, 2.05) is 36.4 Å². The van der Waals surface area contributed by atoms with Gasteiger partial charge in [-0.05, 0) is 48.6 Å². The van der Waals surface area contributed by atoms with Crippen LogP contribution in [-0.2, 0) is 41.1 Å². The van der Waals surface area contributed by atoms with Gasteiger partial charge < -0.3 is 23.9 Å². The van der Waals surface area contributed by atoms with E-state index in [0.717, 1.165) is 22.1 Å². The molecule has 2 aromatic heterocycles. The molecule has 0 fully saturated rings. The highest BCUT2D eigenvalue weighted by Gasteiger charge is 2.45. The van der Waals surface area contributed by atoms with Crippen molar-refractivity contribution in [1.82, 2.24) is 9.55 Å². The molecule has 4 aromatic rings. The van der Waals surface area contributed by atoms with Crippen LogP contribution in [0.15, 0.2) is 47.3 Å². The lowest BCUT2D eigenvalue weighted by Gasteiger charge is -2.31. The van der Waals surface area contributed by atoms with Crippen molar-refractivity contribution in [2.45, 2.75) is 44.9 Å². The molecule has 192 valence electrons. The van der Waals surface area contributed by atoms with Crippen LogP contribution >= 0.6 is 11.6 Å². The quantitative estimate of drug-likeness (QED) is 0.347. The van der Waals surface area contributed by atoms with Crippen molar-refractivity contribution in [1.29, 1.82) is 0 Å². The van der Waals surface area contributed by atoms with Crippen molar-refractivity contribution in [3.8, 4) is 22.9 Å². The number of rotatable bonds is 4. The number of esters is 1. The highest BCUT2D eigenvalue weighted by Crippen LogP contribution is 2.43. The number of carbonyl (C=O) groups excluding carboxylic acids is 1. The molecule has 9 heteroatoms. The molecule has 0 saturated carbocycles. The fourth-order valence-corrected chi connectivity index (χ4v) is 6.03. The molecule has 0 radical (unpaired) electrons. The number of hydrogen-bond acceptors (Lipinski definition) is 7. The predicted molar refractivity (Wildman–Crippen MR) is 140 cm³/mol. The van der Waals surface area contributed by atoms with Crippen molar-refractivity contribution in [2.24, 2.45) is 0 Å². The molecular weight excluding hydrogens is 508 g/mol. The normalized spacial score (nSPS) is 18.8. The van der Waals surface area contributed by atoms with Gasteiger partial charge in [0.2, 0.25) is 6.79 Å². The number of ether oxygens (including phenoxy) is 3. The van der Waals surface area contributed by atoms with E-state index in [-0.39, 0.29) is 25.4 Å². The molecule has 0 aliphatic carbocycles. The van der Waals surface area contributed by atoms with Gasteiger partial charge in [0.05, 0.1) is 29.0 Å². The molecule has 8 nitrogen and oxygen atoms in total. The van der Waals surface area contributed by atoms with Crippen LogP contribution in [0.4, 0.5) is 0 Å². The molecule has 0 unspecified atom stereocenters. The topological polar surface area (TPSA) is 99.9 Å². The van der Waals surface area contributed by atoms with E-state index in [4.69, 9.17) is 30.8 Å². The SMILES string of the molecule is CC[C@@]1(O)C(=O)OCc2c1cc1n(c2=O)Cc2c-1nc1cc3c(cc1c2CCc1ccccc1Cl)OCO3. The van der Waals surface area contributed by atoms with Crippen LogP contribution in [0.3, 0.4) is 0 Å². The third-order valence-corrected chi connectivity index (χ3v) is 8.27. The van der Waals surface area contributed by atoms with Gasteiger partial charge in [0.1, 0.15) is 6.61 Å². The molecule has 0 amide bonds. The number of pyridine rings is 2. The number of aliphatic hydroxyl groups is 1. The van der Waals surface area contributed by atoms with Gasteiger partial charge in [0.15, 0.2) is 17.1 Å². The Hall–Kier alpha value is -3.88. The zero-order chi connectivity index (χ0) is 26.2. The van der Waals surface area contributed by atoms with Crippen LogP contribution in [0.25, 0.3) is 22.3 Å². The van der Waals surface area contributed by atoms with E-state index in [2.05, 4.69) is 0 Å². The lowest BCUT2D eigenvalue weighted by atomic mass is 9.86. The largest absolute Gasteiger partial charge is 0.458 e. The van der Waals surface area contributed by atoms with E-state index in [1.165, 1.54) is 0 Å². The van der Waals surface area contributed by atoms with Crippen LogP contribution in [-0.4, -0.2) is 27.4 Å². The average molecular weight is 531 g/mol. The van der Waals surface area contributed by atoms with Gasteiger partial charge in [0.25, 0.3) is 5.56 Å². The molecule has 1 N–H and O–H groups in total. The Morgan fingerprint density at radius 1 is 1.05 bits per heavy atom. The summed E-state index contributed by atoms with van der Waals surface area (Å²) in [4.78, 5) is 31.1. The number of hydrogen-bond donors (Lipinski definition) is 1. The van der Waals surface area contributed by atoms with Crippen LogP contribution in [0.5, 0.6) is 11.5 Å². The van der Waals surface area contributed by atoms with E-state index in [9.17, 15) is 14.7 Å². The third kappa shape index (κ3) is 3.23. The number of carbonyl (C=O) groups is 1. The van der Waals surface area contributed by atoms with Gasteiger partial charge in [-0.1, -0.05) is 36.7 Å². The summed E-state index contributed by atoms with van der Waals surface area (Å²) in [6.07, 6.45) is 1.44. The van der Waals surface area contributed by atoms with Crippen molar-refractivity contribution < 1.29 is 24.1 Å². The first-order valence-electron chi connectivity index (χ1n) is 12.5. The molecule has 0 saturated heterocycles. The summed E-state index contributed by atoms with van der Waals surface area (Å²) >= 11 is 6.46. The Labute approximate surface area is 222 Å². The molecular formula is C29H23ClN2O6. The predicted octanol–water partition coefficient (Wildman–Crippen LogP) is 4.25. The van der Waals surface area contributed by atoms with E-state index >= 15 is 0 Å². The smallest absolute Gasteiger partial charge is 0.343 e. The van der Waals surface area contributed by atoms with Crippen molar-refractivity contribution >= 4 is 28.5 Å². The Bertz CT molecular complexity index is 1750. The second-order valence-corrected chi connectivity index (χ2v) is 10.2. The molecule has 0 bridgehead atoms. The van der Waals surface area contributed by atoms with Gasteiger partial charge in [-0.25, -0.2) is 9.78 Å². The molecule has 1 atom stereocenters. The van der Waals surface area contributed by atoms with Crippen LogP contribution in [0.2, 0.25) is 5.02 Å². The first-order valence-corrected chi connectivity index (χ1v) is 12.9. The Morgan fingerprint density at radius 2 is 1.84 bits per heavy atom. The fourth-order valence-electron chi connectivity index (χ4n) is 5.80. The average Bonchev–Trinajstić information content (AvgIpc) is 3.53. The zero-order valence-electron chi connectivity index (χ0n) is 20.5. The second kappa shape index (κ2) is 8.31. The van der Waals surface area contributed by atoms with E-state index < -0.39 is 11.6 Å². The summed E-state index contributed by atoms with van der Waals surface area (Å²) in [5.74, 6) is 0.533. The molecule has 38 heavy (non-hydrogen) atoms. The number of aryl methyl sites for hydroxylation is 2. The molecule has 7 rings (SSSR count). The number of fused-ring (bicyclic) bond motifs is 6. The Balaban J connectivity index is 1.45. The molecule has 3 aliphatic rings.